The van der Waals surface area contributed by atoms with Crippen LogP contribution in [0, 0.1) is 5.41 Å². The van der Waals surface area contributed by atoms with Crippen molar-refractivity contribution >= 4 is 17.2 Å². The lowest BCUT2D eigenvalue weighted by Gasteiger charge is -2.30. The van der Waals surface area contributed by atoms with Crippen molar-refractivity contribution in [2.75, 3.05) is 6.61 Å². The predicted octanol–water partition coefficient (Wildman–Crippen LogP) is 3.00. The van der Waals surface area contributed by atoms with Crippen molar-refractivity contribution in [1.82, 2.24) is 10.3 Å². The molecule has 1 aromatic carbocycles. The smallest absolute Gasteiger partial charge is 0.251 e. The van der Waals surface area contributed by atoms with Crippen molar-refractivity contribution in [3.05, 3.63) is 46.4 Å². The van der Waals surface area contributed by atoms with Crippen LogP contribution < -0.4 is 10.1 Å². The van der Waals surface area contributed by atoms with Gasteiger partial charge in [0.2, 0.25) is 0 Å². The zero-order valence-corrected chi connectivity index (χ0v) is 14.5. The zero-order valence-electron chi connectivity index (χ0n) is 13.7. The number of hydrogen-bond acceptors (Lipinski definition) is 5. The van der Waals surface area contributed by atoms with Crippen molar-refractivity contribution in [2.24, 2.45) is 5.41 Å². The first kappa shape index (κ1) is 16.9. The molecule has 5 nitrogen and oxygen atoms in total. The lowest BCUT2D eigenvalue weighted by atomic mass is 9.85. The molecule has 0 aliphatic heterocycles. The number of rotatable bonds is 6. The van der Waals surface area contributed by atoms with Crippen LogP contribution in [0.15, 0.2) is 35.2 Å². The van der Waals surface area contributed by atoms with Gasteiger partial charge in [-0.05, 0) is 31.0 Å². The van der Waals surface area contributed by atoms with Gasteiger partial charge in [0.15, 0.2) is 0 Å². The van der Waals surface area contributed by atoms with Gasteiger partial charge in [0.05, 0.1) is 17.8 Å². The Labute approximate surface area is 145 Å². The summed E-state index contributed by atoms with van der Waals surface area (Å²) in [6.45, 7) is 2.51. The Morgan fingerprint density at radius 2 is 2.42 bits per heavy atom. The minimum Gasteiger partial charge on any atom is -0.487 e. The van der Waals surface area contributed by atoms with Gasteiger partial charge in [-0.25, -0.2) is 4.98 Å². The normalized spacial score (nSPS) is 23.2. The van der Waals surface area contributed by atoms with Crippen LogP contribution >= 0.6 is 11.3 Å². The largest absolute Gasteiger partial charge is 0.487 e. The molecule has 128 valence electrons. The quantitative estimate of drug-likeness (QED) is 0.843. The molecule has 3 rings (SSSR count). The SMILES string of the molecule is CC1(CO)CCCC1NC(=O)c1cccc(OCc2cscn2)c1. The lowest BCUT2D eigenvalue weighted by molar-refractivity contribution is 0.0830. The van der Waals surface area contributed by atoms with Crippen LogP contribution in [0.5, 0.6) is 5.75 Å². The fourth-order valence-electron chi connectivity index (χ4n) is 3.10. The molecule has 1 saturated carbocycles. The summed E-state index contributed by atoms with van der Waals surface area (Å²) in [4.78, 5) is 16.7. The number of benzene rings is 1. The van der Waals surface area contributed by atoms with Crippen LogP contribution in [0.2, 0.25) is 0 Å². The van der Waals surface area contributed by atoms with E-state index in [1.54, 1.807) is 17.6 Å². The summed E-state index contributed by atoms with van der Waals surface area (Å²) in [5.74, 6) is 0.521. The molecular weight excluding hydrogens is 324 g/mol. The van der Waals surface area contributed by atoms with Gasteiger partial charge < -0.3 is 15.2 Å². The van der Waals surface area contributed by atoms with E-state index < -0.39 is 0 Å². The Balaban J connectivity index is 1.63. The Bertz CT molecular complexity index is 689. The Hall–Kier alpha value is -1.92. The molecule has 1 aliphatic rings. The van der Waals surface area contributed by atoms with Gasteiger partial charge in [-0.1, -0.05) is 19.4 Å². The number of aliphatic hydroxyl groups is 1. The highest BCUT2D eigenvalue weighted by Gasteiger charge is 2.39. The molecule has 1 heterocycles. The second-order valence-electron chi connectivity index (χ2n) is 6.53. The summed E-state index contributed by atoms with van der Waals surface area (Å²) in [7, 11) is 0. The van der Waals surface area contributed by atoms with Crippen LogP contribution in [0.25, 0.3) is 0 Å². The van der Waals surface area contributed by atoms with E-state index in [4.69, 9.17) is 4.74 Å². The molecule has 0 saturated heterocycles. The maximum absolute atomic E-state index is 12.5. The van der Waals surface area contributed by atoms with E-state index in [-0.39, 0.29) is 24.0 Å². The highest BCUT2D eigenvalue weighted by Crippen LogP contribution is 2.37. The van der Waals surface area contributed by atoms with Crippen LogP contribution in [-0.2, 0) is 6.61 Å². The number of thiazole rings is 1. The molecule has 0 bridgehead atoms. The second kappa shape index (κ2) is 7.32. The number of nitrogens with one attached hydrogen (secondary N) is 1. The number of carbonyl (C=O) groups is 1. The topological polar surface area (TPSA) is 71.5 Å². The number of aromatic nitrogens is 1. The summed E-state index contributed by atoms with van der Waals surface area (Å²) >= 11 is 1.53. The van der Waals surface area contributed by atoms with Crippen molar-refractivity contribution < 1.29 is 14.6 Å². The van der Waals surface area contributed by atoms with Crippen LogP contribution in [0.3, 0.4) is 0 Å². The number of ether oxygens (including phenoxy) is 1. The minimum atomic E-state index is -0.228. The third kappa shape index (κ3) is 3.76. The maximum atomic E-state index is 12.5. The van der Waals surface area contributed by atoms with Gasteiger partial charge in [-0.3, -0.25) is 4.79 Å². The average Bonchev–Trinajstić information content (AvgIpc) is 3.24. The summed E-state index contributed by atoms with van der Waals surface area (Å²) in [6.07, 6.45) is 2.87. The van der Waals surface area contributed by atoms with Gasteiger partial charge in [-0.15, -0.1) is 11.3 Å². The van der Waals surface area contributed by atoms with E-state index in [9.17, 15) is 9.90 Å². The molecule has 6 heteroatoms. The summed E-state index contributed by atoms with van der Waals surface area (Å²) in [6, 6.07) is 7.17. The standard InChI is InChI=1S/C18H22N2O3S/c1-18(11-21)7-3-6-16(18)20-17(22)13-4-2-5-15(8-13)23-9-14-10-24-12-19-14/h2,4-5,8,10,12,16,21H,3,6-7,9,11H2,1H3,(H,20,22). The lowest BCUT2D eigenvalue weighted by Crippen LogP contribution is -2.44. The molecule has 0 spiro atoms. The molecule has 2 aromatic rings. The van der Waals surface area contributed by atoms with E-state index in [2.05, 4.69) is 10.3 Å². The molecule has 2 N–H and O–H groups in total. The van der Waals surface area contributed by atoms with Gasteiger partial charge in [0, 0.05) is 22.4 Å². The van der Waals surface area contributed by atoms with Crippen molar-refractivity contribution in [1.29, 1.82) is 0 Å². The summed E-state index contributed by atoms with van der Waals surface area (Å²) in [5, 5.41) is 14.6. The number of aliphatic hydroxyl groups excluding tert-OH is 1. The first-order chi connectivity index (χ1) is 11.6. The average molecular weight is 346 g/mol. The zero-order chi connectivity index (χ0) is 17.0. The molecule has 1 amide bonds. The van der Waals surface area contributed by atoms with Gasteiger partial charge in [-0.2, -0.15) is 0 Å². The van der Waals surface area contributed by atoms with E-state index in [1.807, 2.05) is 24.4 Å². The fraction of sp³-hybridized carbons (Fsp3) is 0.444. The number of nitrogens with zero attached hydrogens (tertiary/aromatic N) is 1. The van der Waals surface area contributed by atoms with Crippen LogP contribution in [0.1, 0.15) is 42.2 Å². The molecular formula is C18H22N2O3S. The monoisotopic (exact) mass is 346 g/mol. The van der Waals surface area contributed by atoms with E-state index >= 15 is 0 Å². The first-order valence-corrected chi connectivity index (χ1v) is 9.07. The highest BCUT2D eigenvalue weighted by atomic mass is 32.1. The maximum Gasteiger partial charge on any atom is 0.251 e. The number of amides is 1. The summed E-state index contributed by atoms with van der Waals surface area (Å²) in [5.41, 5.74) is 2.98. The number of hydrogen-bond donors (Lipinski definition) is 2. The van der Waals surface area contributed by atoms with Gasteiger partial charge >= 0.3 is 0 Å². The second-order valence-corrected chi connectivity index (χ2v) is 7.25. The van der Waals surface area contributed by atoms with Gasteiger partial charge in [0.25, 0.3) is 5.91 Å². The minimum absolute atomic E-state index is 0.00887. The van der Waals surface area contributed by atoms with E-state index in [0.29, 0.717) is 17.9 Å². The van der Waals surface area contributed by atoms with Crippen molar-refractivity contribution in [3.8, 4) is 5.75 Å². The third-order valence-electron chi connectivity index (χ3n) is 4.71. The van der Waals surface area contributed by atoms with Crippen LogP contribution in [-0.4, -0.2) is 28.6 Å². The molecule has 1 aliphatic carbocycles. The molecule has 2 atom stereocenters. The molecule has 1 aromatic heterocycles. The molecule has 24 heavy (non-hydrogen) atoms. The molecule has 2 unspecified atom stereocenters. The van der Waals surface area contributed by atoms with E-state index in [1.165, 1.54) is 11.3 Å². The number of carbonyl (C=O) groups excluding carboxylic acids is 1. The van der Waals surface area contributed by atoms with Crippen LogP contribution in [0.4, 0.5) is 0 Å². The van der Waals surface area contributed by atoms with Gasteiger partial charge in [0.1, 0.15) is 12.4 Å². The third-order valence-corrected chi connectivity index (χ3v) is 5.35. The Morgan fingerprint density at radius 3 is 3.17 bits per heavy atom. The van der Waals surface area contributed by atoms with Crippen molar-refractivity contribution in [3.63, 3.8) is 0 Å². The first-order valence-electron chi connectivity index (χ1n) is 8.12. The van der Waals surface area contributed by atoms with Crippen molar-refractivity contribution in [2.45, 2.75) is 38.8 Å². The highest BCUT2D eigenvalue weighted by molar-refractivity contribution is 7.07. The molecule has 0 radical (unpaired) electrons. The Kier molecular flexibility index (Phi) is 5.16. The predicted molar refractivity (Wildman–Crippen MR) is 93.2 cm³/mol. The van der Waals surface area contributed by atoms with E-state index in [0.717, 1.165) is 25.0 Å². The Morgan fingerprint density at radius 1 is 1.54 bits per heavy atom. The summed E-state index contributed by atoms with van der Waals surface area (Å²) < 4.78 is 5.70. The fourth-order valence-corrected chi connectivity index (χ4v) is 3.65. The molecule has 1 fully saturated rings.